The lowest BCUT2D eigenvalue weighted by molar-refractivity contribution is -0.262. The van der Waals surface area contributed by atoms with Crippen molar-refractivity contribution in [3.63, 3.8) is 0 Å². The number of hydrogen-bond acceptors (Lipinski definition) is 5. The van der Waals surface area contributed by atoms with Crippen molar-refractivity contribution in [3.05, 3.63) is 64.7 Å². The summed E-state index contributed by atoms with van der Waals surface area (Å²) >= 11 is 6.54. The number of amides is 2. The first-order chi connectivity index (χ1) is 20.3. The van der Waals surface area contributed by atoms with Crippen LogP contribution in [0.25, 0.3) is 0 Å². The third-order valence-electron chi connectivity index (χ3n) is 8.87. The molecule has 2 fully saturated rings. The largest absolute Gasteiger partial charge is 0.430 e. The number of likely N-dealkylation sites (tertiary alicyclic amines) is 1. The normalized spacial score (nSPS) is 18.5. The molecule has 7 nitrogen and oxygen atoms in total. The second kappa shape index (κ2) is 13.9. The minimum atomic E-state index is -5.13. The lowest BCUT2D eigenvalue weighted by Crippen LogP contribution is -2.57. The zero-order valence-corrected chi connectivity index (χ0v) is 25.9. The Hall–Kier alpha value is -2.82. The molecular formula is C32H42ClF3N4O3. The van der Waals surface area contributed by atoms with E-state index in [1.165, 1.54) is 12.1 Å². The molecule has 2 heterocycles. The quantitative estimate of drug-likeness (QED) is 0.413. The Balaban J connectivity index is 1.27. The van der Waals surface area contributed by atoms with E-state index in [0.29, 0.717) is 41.8 Å². The van der Waals surface area contributed by atoms with E-state index in [-0.39, 0.29) is 19.0 Å². The first kappa shape index (κ1) is 33.1. The molecule has 236 valence electrons. The van der Waals surface area contributed by atoms with Gasteiger partial charge >= 0.3 is 6.18 Å². The van der Waals surface area contributed by atoms with Crippen molar-refractivity contribution in [2.24, 2.45) is 11.8 Å². The van der Waals surface area contributed by atoms with Crippen molar-refractivity contribution in [1.82, 2.24) is 14.7 Å². The third kappa shape index (κ3) is 7.64. The highest BCUT2D eigenvalue weighted by atomic mass is 35.5. The Morgan fingerprint density at radius 2 is 1.49 bits per heavy atom. The molecule has 0 saturated carbocycles. The van der Waals surface area contributed by atoms with E-state index in [2.05, 4.69) is 4.90 Å². The minimum absolute atomic E-state index is 0.104. The predicted octanol–water partition coefficient (Wildman–Crippen LogP) is 5.27. The first-order valence-corrected chi connectivity index (χ1v) is 15.3. The number of anilines is 1. The molecule has 1 atom stereocenters. The lowest BCUT2D eigenvalue weighted by Gasteiger charge is -2.40. The van der Waals surface area contributed by atoms with Crippen molar-refractivity contribution < 1.29 is 27.9 Å². The molecule has 2 aromatic carbocycles. The number of likely N-dealkylation sites (N-methyl/N-ethyl adjacent to an activating group) is 2. The third-order valence-corrected chi connectivity index (χ3v) is 9.18. The van der Waals surface area contributed by atoms with E-state index in [9.17, 15) is 27.9 Å². The van der Waals surface area contributed by atoms with Crippen molar-refractivity contribution >= 4 is 29.1 Å². The number of carbonyl (C=O) groups excluding carboxylic acids is 2. The van der Waals surface area contributed by atoms with Gasteiger partial charge in [0.05, 0.1) is 10.6 Å². The van der Waals surface area contributed by atoms with Crippen molar-refractivity contribution in [2.75, 3.05) is 65.3 Å². The van der Waals surface area contributed by atoms with Gasteiger partial charge in [-0.2, -0.15) is 13.2 Å². The molecule has 0 bridgehead atoms. The van der Waals surface area contributed by atoms with E-state index in [1.54, 1.807) is 24.1 Å². The first-order valence-electron chi connectivity index (χ1n) is 14.9. The summed E-state index contributed by atoms with van der Waals surface area (Å²) < 4.78 is 41.9. The fourth-order valence-electron chi connectivity index (χ4n) is 6.12. The van der Waals surface area contributed by atoms with Gasteiger partial charge in [-0.1, -0.05) is 41.9 Å². The van der Waals surface area contributed by atoms with E-state index < -0.39 is 23.2 Å². The Morgan fingerprint density at radius 1 is 0.907 bits per heavy atom. The zero-order chi connectivity index (χ0) is 31.4. The Bertz CT molecular complexity index is 1250. The molecule has 4 rings (SSSR count). The van der Waals surface area contributed by atoms with Crippen molar-refractivity contribution in [3.8, 4) is 0 Å². The highest BCUT2D eigenvalue weighted by Gasteiger charge is 2.62. The smallest absolute Gasteiger partial charge is 0.371 e. The molecule has 2 aromatic rings. The molecule has 0 spiro atoms. The van der Waals surface area contributed by atoms with Gasteiger partial charge in [0.1, 0.15) is 0 Å². The molecule has 0 aliphatic carbocycles. The minimum Gasteiger partial charge on any atom is -0.371 e. The van der Waals surface area contributed by atoms with E-state index in [0.717, 1.165) is 61.6 Å². The number of nitrogens with zero attached hydrogens (tertiary/aromatic N) is 4. The van der Waals surface area contributed by atoms with Crippen molar-refractivity contribution in [2.45, 2.75) is 43.9 Å². The maximum atomic E-state index is 14.0. The molecule has 0 unspecified atom stereocenters. The summed E-state index contributed by atoms with van der Waals surface area (Å²) in [6.45, 7) is 3.47. The van der Waals surface area contributed by atoms with Gasteiger partial charge in [-0.15, -0.1) is 0 Å². The maximum Gasteiger partial charge on any atom is 0.430 e. The second-order valence-corrected chi connectivity index (χ2v) is 12.6. The van der Waals surface area contributed by atoms with Crippen LogP contribution < -0.4 is 4.90 Å². The Labute approximate surface area is 257 Å². The van der Waals surface area contributed by atoms with Crippen LogP contribution in [0, 0.1) is 11.8 Å². The average Bonchev–Trinajstić information content (AvgIpc) is 2.99. The van der Waals surface area contributed by atoms with Crippen LogP contribution >= 0.6 is 11.6 Å². The summed E-state index contributed by atoms with van der Waals surface area (Å²) in [5.41, 5.74) is -2.54. The van der Waals surface area contributed by atoms with Crippen LogP contribution in [0.2, 0.25) is 5.02 Å². The SMILES string of the molecule is CN(C)CCN(C)C(=O)c1ccc(N2CCC(CC3CCN(C(=O)[C@](O)(c4ccccc4)C(F)(F)F)CC3)CC2)cc1Cl. The number of halogens is 4. The molecule has 0 aromatic heterocycles. The molecule has 0 radical (unpaired) electrons. The number of benzene rings is 2. The summed E-state index contributed by atoms with van der Waals surface area (Å²) in [5.74, 6) is -0.598. The van der Waals surface area contributed by atoms with Crippen LogP contribution in [-0.2, 0) is 10.4 Å². The molecule has 43 heavy (non-hydrogen) atoms. The number of piperidine rings is 2. The average molecular weight is 623 g/mol. The molecule has 2 aliphatic heterocycles. The van der Waals surface area contributed by atoms with Gasteiger partial charge in [0, 0.05) is 57.6 Å². The van der Waals surface area contributed by atoms with Crippen LogP contribution in [0.4, 0.5) is 18.9 Å². The van der Waals surface area contributed by atoms with Gasteiger partial charge in [-0.05, 0) is 76.2 Å². The van der Waals surface area contributed by atoms with Gasteiger partial charge in [-0.3, -0.25) is 9.59 Å². The molecule has 11 heteroatoms. The standard InChI is InChI=1S/C32H42ClF3N4O3/c1-37(2)19-20-38(3)29(41)27-10-9-26(22-28(27)33)39-15-11-23(12-16-39)21-24-13-17-40(18-14-24)30(42)31(43,32(34,35)36)25-7-5-4-6-8-25/h4-10,22-24,43H,11-21H2,1-3H3/t31-/m1/s1. The van der Waals surface area contributed by atoms with Crippen molar-refractivity contribution in [1.29, 1.82) is 0 Å². The predicted molar refractivity (Wildman–Crippen MR) is 162 cm³/mol. The number of hydrogen-bond donors (Lipinski definition) is 1. The zero-order valence-electron chi connectivity index (χ0n) is 25.1. The highest BCUT2D eigenvalue weighted by molar-refractivity contribution is 6.34. The van der Waals surface area contributed by atoms with Crippen LogP contribution in [0.3, 0.4) is 0 Å². The van der Waals surface area contributed by atoms with Crippen LogP contribution in [0.5, 0.6) is 0 Å². The molecule has 2 saturated heterocycles. The Kier molecular flexibility index (Phi) is 10.7. The maximum absolute atomic E-state index is 14.0. The fourth-order valence-corrected chi connectivity index (χ4v) is 6.37. The van der Waals surface area contributed by atoms with Crippen LogP contribution in [0.15, 0.2) is 48.5 Å². The summed E-state index contributed by atoms with van der Waals surface area (Å²) in [6.07, 6.45) is -0.977. The van der Waals surface area contributed by atoms with Gasteiger partial charge < -0.3 is 24.7 Å². The topological polar surface area (TPSA) is 67.3 Å². The van der Waals surface area contributed by atoms with E-state index in [1.807, 2.05) is 31.1 Å². The van der Waals surface area contributed by atoms with Gasteiger partial charge in [0.15, 0.2) is 0 Å². The monoisotopic (exact) mass is 622 g/mol. The number of aliphatic hydroxyl groups is 1. The van der Waals surface area contributed by atoms with Gasteiger partial charge in [-0.25, -0.2) is 0 Å². The van der Waals surface area contributed by atoms with E-state index in [4.69, 9.17) is 11.6 Å². The van der Waals surface area contributed by atoms with Gasteiger partial charge in [0.2, 0.25) is 0 Å². The number of rotatable bonds is 9. The van der Waals surface area contributed by atoms with Crippen LogP contribution in [-0.4, -0.2) is 98.2 Å². The molecular weight excluding hydrogens is 581 g/mol. The summed E-state index contributed by atoms with van der Waals surface area (Å²) in [5, 5.41) is 11.1. The molecule has 2 aliphatic rings. The Morgan fingerprint density at radius 3 is 2.02 bits per heavy atom. The van der Waals surface area contributed by atoms with Crippen LogP contribution in [0.1, 0.15) is 48.0 Å². The molecule has 2 amide bonds. The molecule has 1 N–H and O–H groups in total. The summed E-state index contributed by atoms with van der Waals surface area (Å²) in [7, 11) is 5.70. The summed E-state index contributed by atoms with van der Waals surface area (Å²) in [4.78, 5) is 33.0. The summed E-state index contributed by atoms with van der Waals surface area (Å²) in [6, 6.07) is 12.2. The fraction of sp³-hybridized carbons (Fsp3) is 0.562. The number of alkyl halides is 3. The second-order valence-electron chi connectivity index (χ2n) is 12.2. The van der Waals surface area contributed by atoms with E-state index >= 15 is 0 Å². The van der Waals surface area contributed by atoms with Gasteiger partial charge in [0.25, 0.3) is 17.4 Å². The highest BCUT2D eigenvalue weighted by Crippen LogP contribution is 2.41. The number of carbonyl (C=O) groups is 2. The lowest BCUT2D eigenvalue weighted by atomic mass is 9.82.